The van der Waals surface area contributed by atoms with Crippen LogP contribution in [0.25, 0.3) is 11.0 Å². The van der Waals surface area contributed by atoms with E-state index in [1.54, 1.807) is 0 Å². The van der Waals surface area contributed by atoms with Crippen molar-refractivity contribution in [2.24, 2.45) is 11.5 Å². The molecule has 102 valence electrons. The van der Waals surface area contributed by atoms with Gasteiger partial charge in [-0.15, -0.1) is 0 Å². The highest BCUT2D eigenvalue weighted by Gasteiger charge is 2.11. The van der Waals surface area contributed by atoms with Gasteiger partial charge in [0.05, 0.1) is 17.1 Å². The molecule has 4 nitrogen and oxygen atoms in total. The molecule has 3 rings (SSSR count). The fraction of sp³-hybridized carbons (Fsp3) is 0.188. The van der Waals surface area contributed by atoms with E-state index in [2.05, 4.69) is 22.1 Å². The van der Waals surface area contributed by atoms with E-state index in [-0.39, 0.29) is 6.04 Å². The first-order valence-corrected chi connectivity index (χ1v) is 6.68. The van der Waals surface area contributed by atoms with E-state index >= 15 is 0 Å². The Labute approximate surface area is 117 Å². The van der Waals surface area contributed by atoms with E-state index < -0.39 is 0 Å². The molecule has 0 amide bonds. The lowest BCUT2D eigenvalue weighted by atomic mass is 9.97. The summed E-state index contributed by atoms with van der Waals surface area (Å²) in [5.74, 6) is 0.913. The molecule has 4 heteroatoms. The SMILES string of the molecule is Cc1nc2ccc(C(N)c3cccc(CN)c3)cc2[nH]1. The Bertz CT molecular complexity index is 745. The van der Waals surface area contributed by atoms with Crippen LogP contribution in [0.4, 0.5) is 0 Å². The lowest BCUT2D eigenvalue weighted by molar-refractivity contribution is 0.867. The first kappa shape index (κ1) is 12.8. The van der Waals surface area contributed by atoms with Crippen LogP contribution < -0.4 is 11.5 Å². The number of aryl methyl sites for hydroxylation is 1. The molecule has 0 radical (unpaired) electrons. The molecule has 5 N–H and O–H groups in total. The van der Waals surface area contributed by atoms with Crippen LogP contribution in [-0.4, -0.2) is 9.97 Å². The molecule has 0 saturated carbocycles. The number of nitrogens with one attached hydrogen (secondary N) is 1. The molecule has 0 aliphatic rings. The second-order valence-corrected chi connectivity index (χ2v) is 5.03. The summed E-state index contributed by atoms with van der Waals surface area (Å²) in [7, 11) is 0. The highest BCUT2D eigenvalue weighted by Crippen LogP contribution is 2.23. The number of nitrogens with two attached hydrogens (primary N) is 2. The number of aromatic amines is 1. The number of fused-ring (bicyclic) bond motifs is 1. The molecule has 0 aliphatic carbocycles. The summed E-state index contributed by atoms with van der Waals surface area (Å²) in [5, 5.41) is 0. The fourth-order valence-electron chi connectivity index (χ4n) is 2.45. The average Bonchev–Trinajstić information content (AvgIpc) is 2.85. The van der Waals surface area contributed by atoms with Gasteiger partial charge in [0.15, 0.2) is 0 Å². The Morgan fingerprint density at radius 1 is 1.15 bits per heavy atom. The van der Waals surface area contributed by atoms with E-state index in [1.165, 1.54) is 0 Å². The summed E-state index contributed by atoms with van der Waals surface area (Å²) in [5.41, 5.74) is 17.3. The minimum Gasteiger partial charge on any atom is -0.342 e. The van der Waals surface area contributed by atoms with Gasteiger partial charge in [0.25, 0.3) is 0 Å². The summed E-state index contributed by atoms with van der Waals surface area (Å²) in [4.78, 5) is 7.64. The largest absolute Gasteiger partial charge is 0.342 e. The molecular formula is C16H18N4. The molecular weight excluding hydrogens is 248 g/mol. The summed E-state index contributed by atoms with van der Waals surface area (Å²) >= 11 is 0. The molecule has 2 aromatic carbocycles. The highest BCUT2D eigenvalue weighted by molar-refractivity contribution is 5.76. The highest BCUT2D eigenvalue weighted by atomic mass is 14.9. The van der Waals surface area contributed by atoms with Crippen molar-refractivity contribution in [3.63, 3.8) is 0 Å². The van der Waals surface area contributed by atoms with Crippen LogP contribution in [0, 0.1) is 6.92 Å². The van der Waals surface area contributed by atoms with Crippen molar-refractivity contribution in [2.75, 3.05) is 0 Å². The van der Waals surface area contributed by atoms with Crippen molar-refractivity contribution in [3.05, 3.63) is 65.0 Å². The summed E-state index contributed by atoms with van der Waals surface area (Å²) in [6.07, 6.45) is 0. The van der Waals surface area contributed by atoms with E-state index in [0.29, 0.717) is 6.54 Å². The topological polar surface area (TPSA) is 80.7 Å². The lowest BCUT2D eigenvalue weighted by Gasteiger charge is -2.13. The van der Waals surface area contributed by atoms with Gasteiger partial charge in [-0.25, -0.2) is 4.98 Å². The molecule has 1 aromatic heterocycles. The zero-order valence-electron chi connectivity index (χ0n) is 11.4. The summed E-state index contributed by atoms with van der Waals surface area (Å²) in [6.45, 7) is 2.48. The number of H-pyrrole nitrogens is 1. The van der Waals surface area contributed by atoms with E-state index in [9.17, 15) is 0 Å². The average molecular weight is 266 g/mol. The molecule has 3 aromatic rings. The second-order valence-electron chi connectivity index (χ2n) is 5.03. The Balaban J connectivity index is 2.00. The van der Waals surface area contributed by atoms with Gasteiger partial charge < -0.3 is 16.5 Å². The predicted molar refractivity (Wildman–Crippen MR) is 81.2 cm³/mol. The van der Waals surface area contributed by atoms with Crippen molar-refractivity contribution in [2.45, 2.75) is 19.5 Å². The van der Waals surface area contributed by atoms with Gasteiger partial charge in [-0.1, -0.05) is 30.3 Å². The first-order chi connectivity index (χ1) is 9.67. The van der Waals surface area contributed by atoms with E-state index in [1.807, 2.05) is 37.3 Å². The Morgan fingerprint density at radius 2 is 1.95 bits per heavy atom. The number of imidazole rings is 1. The normalized spacial score (nSPS) is 12.8. The zero-order chi connectivity index (χ0) is 14.1. The van der Waals surface area contributed by atoms with Crippen LogP contribution in [0.15, 0.2) is 42.5 Å². The number of hydrogen-bond donors (Lipinski definition) is 3. The minimum absolute atomic E-state index is 0.158. The smallest absolute Gasteiger partial charge is 0.104 e. The number of nitrogens with zero attached hydrogens (tertiary/aromatic N) is 1. The first-order valence-electron chi connectivity index (χ1n) is 6.68. The number of hydrogen-bond acceptors (Lipinski definition) is 3. The molecule has 20 heavy (non-hydrogen) atoms. The van der Waals surface area contributed by atoms with Gasteiger partial charge in [0.2, 0.25) is 0 Å². The second kappa shape index (κ2) is 5.07. The Kier molecular flexibility index (Phi) is 3.26. The number of benzene rings is 2. The van der Waals surface area contributed by atoms with Crippen LogP contribution in [0.3, 0.4) is 0 Å². The Morgan fingerprint density at radius 3 is 2.75 bits per heavy atom. The summed E-state index contributed by atoms with van der Waals surface area (Å²) in [6, 6.07) is 14.0. The predicted octanol–water partition coefficient (Wildman–Crippen LogP) is 2.38. The molecule has 1 heterocycles. The third-order valence-electron chi connectivity index (χ3n) is 3.53. The number of aromatic nitrogens is 2. The third-order valence-corrected chi connectivity index (χ3v) is 3.53. The monoisotopic (exact) mass is 266 g/mol. The van der Waals surface area contributed by atoms with Crippen LogP contribution in [0.2, 0.25) is 0 Å². The number of rotatable bonds is 3. The fourth-order valence-corrected chi connectivity index (χ4v) is 2.45. The van der Waals surface area contributed by atoms with E-state index in [0.717, 1.165) is 33.5 Å². The van der Waals surface area contributed by atoms with Crippen LogP contribution in [-0.2, 0) is 6.54 Å². The lowest BCUT2D eigenvalue weighted by Crippen LogP contribution is -2.12. The van der Waals surface area contributed by atoms with Crippen molar-refractivity contribution < 1.29 is 0 Å². The van der Waals surface area contributed by atoms with E-state index in [4.69, 9.17) is 11.5 Å². The van der Waals surface area contributed by atoms with Gasteiger partial charge >= 0.3 is 0 Å². The molecule has 0 spiro atoms. The molecule has 0 bridgehead atoms. The maximum Gasteiger partial charge on any atom is 0.104 e. The van der Waals surface area contributed by atoms with Crippen molar-refractivity contribution in [1.29, 1.82) is 0 Å². The van der Waals surface area contributed by atoms with Crippen molar-refractivity contribution in [1.82, 2.24) is 9.97 Å². The van der Waals surface area contributed by atoms with Gasteiger partial charge in [-0.3, -0.25) is 0 Å². The van der Waals surface area contributed by atoms with Crippen LogP contribution >= 0.6 is 0 Å². The molecule has 1 atom stereocenters. The van der Waals surface area contributed by atoms with Gasteiger partial charge in [0, 0.05) is 6.54 Å². The van der Waals surface area contributed by atoms with Gasteiger partial charge in [0.1, 0.15) is 5.82 Å². The maximum absolute atomic E-state index is 6.36. The summed E-state index contributed by atoms with van der Waals surface area (Å²) < 4.78 is 0. The maximum atomic E-state index is 6.36. The quantitative estimate of drug-likeness (QED) is 0.681. The van der Waals surface area contributed by atoms with Crippen LogP contribution in [0.1, 0.15) is 28.6 Å². The van der Waals surface area contributed by atoms with Gasteiger partial charge in [-0.2, -0.15) is 0 Å². The third kappa shape index (κ3) is 2.31. The molecule has 1 unspecified atom stereocenters. The van der Waals surface area contributed by atoms with Gasteiger partial charge in [-0.05, 0) is 35.7 Å². The standard InChI is InChI=1S/C16H18N4/c1-10-19-14-6-5-13(8-15(14)20-10)16(18)12-4-2-3-11(7-12)9-17/h2-8,16H,9,17-18H2,1H3,(H,19,20). The minimum atomic E-state index is -0.158. The van der Waals surface area contributed by atoms with Crippen LogP contribution in [0.5, 0.6) is 0 Å². The molecule has 0 fully saturated rings. The zero-order valence-corrected chi connectivity index (χ0v) is 11.4. The van der Waals surface area contributed by atoms with Crippen molar-refractivity contribution >= 4 is 11.0 Å². The molecule has 0 aliphatic heterocycles. The van der Waals surface area contributed by atoms with Crippen molar-refractivity contribution in [3.8, 4) is 0 Å². The Hall–Kier alpha value is -2.17. The molecule has 0 saturated heterocycles.